The largest absolute Gasteiger partial charge is 0.497 e. The van der Waals surface area contributed by atoms with Gasteiger partial charge >= 0.3 is 0 Å². The molecule has 0 spiro atoms. The van der Waals surface area contributed by atoms with Gasteiger partial charge in [0.25, 0.3) is 0 Å². The number of nitrogens with one attached hydrogen (secondary N) is 1. The van der Waals surface area contributed by atoms with E-state index in [0.717, 1.165) is 35.8 Å². The molecule has 120 valence electrons. The Labute approximate surface area is 132 Å². The van der Waals surface area contributed by atoms with E-state index in [-0.39, 0.29) is 5.41 Å². The van der Waals surface area contributed by atoms with Crippen molar-refractivity contribution in [1.82, 2.24) is 9.78 Å². The van der Waals surface area contributed by atoms with Crippen LogP contribution in [0.1, 0.15) is 32.9 Å². The van der Waals surface area contributed by atoms with Crippen molar-refractivity contribution in [3.8, 4) is 11.4 Å². The van der Waals surface area contributed by atoms with Gasteiger partial charge in [0.05, 0.1) is 30.4 Å². The number of nitrogens with two attached hydrogens (primary N) is 1. The SMILES string of the molecule is COc1ccc(-n2ncc(NCCCN)c2C(C)(C)C)cc1. The molecule has 22 heavy (non-hydrogen) atoms. The predicted molar refractivity (Wildman–Crippen MR) is 91.0 cm³/mol. The Morgan fingerprint density at radius 2 is 1.91 bits per heavy atom. The first kappa shape index (κ1) is 16.4. The highest BCUT2D eigenvalue weighted by Crippen LogP contribution is 2.31. The summed E-state index contributed by atoms with van der Waals surface area (Å²) >= 11 is 0. The Bertz CT molecular complexity index is 596. The van der Waals surface area contributed by atoms with Crippen LogP contribution < -0.4 is 15.8 Å². The summed E-state index contributed by atoms with van der Waals surface area (Å²) in [7, 11) is 1.67. The normalized spacial score (nSPS) is 11.5. The molecule has 0 radical (unpaired) electrons. The summed E-state index contributed by atoms with van der Waals surface area (Å²) in [5.74, 6) is 0.842. The molecular weight excluding hydrogens is 276 g/mol. The fourth-order valence-corrected chi connectivity index (χ4v) is 2.44. The maximum Gasteiger partial charge on any atom is 0.119 e. The van der Waals surface area contributed by atoms with Crippen LogP contribution in [-0.2, 0) is 5.41 Å². The minimum absolute atomic E-state index is 0.0263. The van der Waals surface area contributed by atoms with Gasteiger partial charge in [0.2, 0.25) is 0 Å². The molecular formula is C17H26N4O. The minimum atomic E-state index is -0.0263. The summed E-state index contributed by atoms with van der Waals surface area (Å²) in [4.78, 5) is 0. The first-order valence-electron chi connectivity index (χ1n) is 7.64. The highest BCUT2D eigenvalue weighted by molar-refractivity contribution is 5.53. The van der Waals surface area contributed by atoms with E-state index in [0.29, 0.717) is 6.54 Å². The van der Waals surface area contributed by atoms with Crippen molar-refractivity contribution in [3.63, 3.8) is 0 Å². The van der Waals surface area contributed by atoms with Crippen molar-refractivity contribution in [2.24, 2.45) is 5.73 Å². The van der Waals surface area contributed by atoms with Gasteiger partial charge in [0.1, 0.15) is 5.75 Å². The predicted octanol–water partition coefficient (Wildman–Crippen LogP) is 2.94. The Kier molecular flexibility index (Phi) is 5.08. The van der Waals surface area contributed by atoms with Crippen molar-refractivity contribution >= 4 is 5.69 Å². The van der Waals surface area contributed by atoms with Crippen LogP contribution in [0.3, 0.4) is 0 Å². The van der Waals surface area contributed by atoms with Gasteiger partial charge in [0.15, 0.2) is 0 Å². The quantitative estimate of drug-likeness (QED) is 0.805. The van der Waals surface area contributed by atoms with Crippen molar-refractivity contribution in [1.29, 1.82) is 0 Å². The molecule has 5 heteroatoms. The molecule has 1 aromatic carbocycles. The molecule has 0 amide bonds. The number of rotatable bonds is 6. The second-order valence-electron chi connectivity index (χ2n) is 6.34. The Balaban J connectivity index is 2.37. The van der Waals surface area contributed by atoms with E-state index < -0.39 is 0 Å². The average Bonchev–Trinajstić information content (AvgIpc) is 2.92. The number of methoxy groups -OCH3 is 1. The Hall–Kier alpha value is -2.01. The lowest BCUT2D eigenvalue weighted by Crippen LogP contribution is -2.20. The summed E-state index contributed by atoms with van der Waals surface area (Å²) in [6, 6.07) is 7.94. The minimum Gasteiger partial charge on any atom is -0.497 e. The van der Waals surface area contributed by atoms with Crippen LogP contribution in [0.25, 0.3) is 5.69 Å². The fraction of sp³-hybridized carbons (Fsp3) is 0.471. The van der Waals surface area contributed by atoms with Crippen molar-refractivity contribution in [2.45, 2.75) is 32.6 Å². The monoisotopic (exact) mass is 302 g/mol. The zero-order chi connectivity index (χ0) is 16.2. The number of hydrogen-bond acceptors (Lipinski definition) is 4. The van der Waals surface area contributed by atoms with Gasteiger partial charge in [0, 0.05) is 12.0 Å². The van der Waals surface area contributed by atoms with E-state index >= 15 is 0 Å². The van der Waals surface area contributed by atoms with E-state index in [1.807, 2.05) is 35.1 Å². The third-order valence-electron chi connectivity index (χ3n) is 3.49. The molecule has 0 aliphatic carbocycles. The van der Waals surface area contributed by atoms with E-state index in [9.17, 15) is 0 Å². The molecule has 1 aromatic heterocycles. The van der Waals surface area contributed by atoms with Gasteiger partial charge in [-0.05, 0) is 37.2 Å². The van der Waals surface area contributed by atoms with Gasteiger partial charge in [-0.1, -0.05) is 20.8 Å². The van der Waals surface area contributed by atoms with E-state index in [1.54, 1.807) is 7.11 Å². The molecule has 2 rings (SSSR count). The van der Waals surface area contributed by atoms with Gasteiger partial charge in [-0.15, -0.1) is 0 Å². The summed E-state index contributed by atoms with van der Waals surface area (Å²) in [6.45, 7) is 8.12. The van der Waals surface area contributed by atoms with Crippen LogP contribution in [0.2, 0.25) is 0 Å². The van der Waals surface area contributed by atoms with Gasteiger partial charge < -0.3 is 15.8 Å². The Morgan fingerprint density at radius 3 is 2.45 bits per heavy atom. The van der Waals surface area contributed by atoms with Gasteiger partial charge in [-0.25, -0.2) is 4.68 Å². The molecule has 5 nitrogen and oxygen atoms in total. The number of hydrogen-bond donors (Lipinski definition) is 2. The van der Waals surface area contributed by atoms with E-state index in [1.165, 1.54) is 0 Å². The zero-order valence-corrected chi connectivity index (χ0v) is 13.9. The van der Waals surface area contributed by atoms with Crippen LogP contribution in [0.5, 0.6) is 5.75 Å². The first-order chi connectivity index (χ1) is 10.5. The highest BCUT2D eigenvalue weighted by atomic mass is 16.5. The van der Waals surface area contributed by atoms with E-state index in [4.69, 9.17) is 10.5 Å². The molecule has 1 heterocycles. The lowest BCUT2D eigenvalue weighted by atomic mass is 9.91. The standard InChI is InChI=1S/C17H26N4O/c1-17(2,3)16-15(19-11-5-10-18)12-20-21(16)13-6-8-14(22-4)9-7-13/h6-9,12,19H,5,10-11,18H2,1-4H3. The molecule has 0 unspecified atom stereocenters. The fourth-order valence-electron chi connectivity index (χ4n) is 2.44. The number of anilines is 1. The van der Waals surface area contributed by atoms with Crippen LogP contribution in [0.4, 0.5) is 5.69 Å². The maximum absolute atomic E-state index is 5.57. The average molecular weight is 302 g/mol. The van der Waals surface area contributed by atoms with Crippen molar-refractivity contribution in [2.75, 3.05) is 25.5 Å². The second kappa shape index (κ2) is 6.83. The zero-order valence-electron chi connectivity index (χ0n) is 13.9. The molecule has 0 atom stereocenters. The van der Waals surface area contributed by atoms with Gasteiger partial charge in [-0.3, -0.25) is 0 Å². The molecule has 0 saturated carbocycles. The molecule has 0 aliphatic heterocycles. The Morgan fingerprint density at radius 1 is 1.23 bits per heavy atom. The lowest BCUT2D eigenvalue weighted by Gasteiger charge is -2.23. The van der Waals surface area contributed by atoms with Crippen LogP contribution in [0, 0.1) is 0 Å². The summed E-state index contributed by atoms with van der Waals surface area (Å²) in [5, 5.41) is 8.01. The third kappa shape index (κ3) is 3.60. The van der Waals surface area contributed by atoms with Crippen molar-refractivity contribution in [3.05, 3.63) is 36.2 Å². The van der Waals surface area contributed by atoms with Crippen LogP contribution in [0.15, 0.2) is 30.5 Å². The molecule has 0 bridgehead atoms. The van der Waals surface area contributed by atoms with Crippen molar-refractivity contribution < 1.29 is 4.74 Å². The number of benzene rings is 1. The topological polar surface area (TPSA) is 65.1 Å². The number of aromatic nitrogens is 2. The van der Waals surface area contributed by atoms with Gasteiger partial charge in [-0.2, -0.15) is 5.10 Å². The molecule has 0 fully saturated rings. The molecule has 2 aromatic rings. The first-order valence-corrected chi connectivity index (χ1v) is 7.64. The maximum atomic E-state index is 5.57. The third-order valence-corrected chi connectivity index (χ3v) is 3.49. The smallest absolute Gasteiger partial charge is 0.119 e. The second-order valence-corrected chi connectivity index (χ2v) is 6.34. The summed E-state index contributed by atoms with van der Waals surface area (Å²) in [5.41, 5.74) is 8.79. The van der Waals surface area contributed by atoms with Crippen LogP contribution >= 0.6 is 0 Å². The summed E-state index contributed by atoms with van der Waals surface area (Å²) < 4.78 is 7.21. The molecule has 3 N–H and O–H groups in total. The summed E-state index contributed by atoms with van der Waals surface area (Å²) in [6.07, 6.45) is 2.83. The number of ether oxygens (including phenoxy) is 1. The lowest BCUT2D eigenvalue weighted by molar-refractivity contribution is 0.414. The number of nitrogens with zero attached hydrogens (tertiary/aromatic N) is 2. The van der Waals surface area contributed by atoms with Crippen LogP contribution in [-0.4, -0.2) is 30.0 Å². The molecule has 0 aliphatic rings. The highest BCUT2D eigenvalue weighted by Gasteiger charge is 2.24. The molecule has 0 saturated heterocycles. The van der Waals surface area contributed by atoms with E-state index in [2.05, 4.69) is 31.2 Å².